The zero-order valence-corrected chi connectivity index (χ0v) is 26.9. The van der Waals surface area contributed by atoms with Gasteiger partial charge in [-0.25, -0.2) is 4.79 Å². The van der Waals surface area contributed by atoms with Crippen molar-refractivity contribution in [2.75, 3.05) is 32.7 Å². The highest BCUT2D eigenvalue weighted by Crippen LogP contribution is 2.35. The largest absolute Gasteiger partial charge is 0.444 e. The minimum Gasteiger partial charge on any atom is -0.444 e. The van der Waals surface area contributed by atoms with Gasteiger partial charge in [0.25, 0.3) is 5.91 Å². The molecule has 3 amide bonds. The first kappa shape index (κ1) is 33.3. The number of carbonyl (C=O) groups excluding carboxylic acids is 3. The van der Waals surface area contributed by atoms with Crippen molar-refractivity contribution in [3.63, 3.8) is 0 Å². The number of hydrogen-bond donors (Lipinski definition) is 1. The van der Waals surface area contributed by atoms with Crippen LogP contribution >= 0.6 is 23.4 Å². The van der Waals surface area contributed by atoms with Gasteiger partial charge in [0.05, 0.1) is 28.7 Å². The Morgan fingerprint density at radius 2 is 1.87 bits per heavy atom. The molecule has 2 aromatic carbocycles. The quantitative estimate of drug-likeness (QED) is 0.341. The van der Waals surface area contributed by atoms with Crippen LogP contribution in [0.4, 0.5) is 18.0 Å². The van der Waals surface area contributed by atoms with Crippen molar-refractivity contribution < 1.29 is 32.3 Å². The molecule has 1 aromatic heterocycles. The third-order valence-corrected chi connectivity index (χ3v) is 8.45. The molecule has 1 fully saturated rings. The summed E-state index contributed by atoms with van der Waals surface area (Å²) < 4.78 is 47.4. The number of alkyl carbamates (subject to hydrolysis) is 1. The number of carbonyl (C=O) groups is 3. The summed E-state index contributed by atoms with van der Waals surface area (Å²) in [6.45, 7) is 6.94. The van der Waals surface area contributed by atoms with Gasteiger partial charge in [-0.15, -0.1) is 0 Å². The van der Waals surface area contributed by atoms with E-state index in [4.69, 9.17) is 16.3 Å². The first-order valence-corrected chi connectivity index (χ1v) is 15.7. The molecule has 0 radical (unpaired) electrons. The van der Waals surface area contributed by atoms with Crippen LogP contribution in [-0.4, -0.2) is 81.0 Å². The highest BCUT2D eigenvalue weighted by Gasteiger charge is 2.34. The van der Waals surface area contributed by atoms with Crippen molar-refractivity contribution in [3.05, 3.63) is 69.2 Å². The number of amidine groups is 1. The maximum absolute atomic E-state index is 13.6. The number of aromatic nitrogens is 2. The van der Waals surface area contributed by atoms with E-state index in [0.717, 1.165) is 6.07 Å². The lowest BCUT2D eigenvalue weighted by atomic mass is 10.1. The fraction of sp³-hybridized carbons (Fsp3) is 0.387. The van der Waals surface area contributed by atoms with E-state index in [1.807, 2.05) is 11.0 Å². The Bertz CT molecular complexity index is 1730. The van der Waals surface area contributed by atoms with Crippen molar-refractivity contribution >= 4 is 63.4 Å². The first-order chi connectivity index (χ1) is 21.7. The molecule has 5 rings (SSSR count). The number of alkyl halides is 3. The van der Waals surface area contributed by atoms with E-state index >= 15 is 0 Å². The van der Waals surface area contributed by atoms with Gasteiger partial charge in [0, 0.05) is 36.6 Å². The molecule has 10 nitrogen and oxygen atoms in total. The summed E-state index contributed by atoms with van der Waals surface area (Å²) in [5.74, 6) is -0.602. The normalized spacial score (nSPS) is 17.0. The predicted octanol–water partition coefficient (Wildman–Crippen LogP) is 5.79. The number of benzene rings is 2. The molecule has 0 saturated carbocycles. The number of amides is 3. The van der Waals surface area contributed by atoms with Crippen LogP contribution in [0.3, 0.4) is 0 Å². The van der Waals surface area contributed by atoms with Crippen LogP contribution in [-0.2, 0) is 27.0 Å². The van der Waals surface area contributed by atoms with Gasteiger partial charge < -0.3 is 19.9 Å². The number of fused-ring (bicyclic) bond motifs is 1. The number of nitrogens with one attached hydrogen (secondary N) is 1. The molecule has 15 heteroatoms. The molecule has 1 saturated heterocycles. The van der Waals surface area contributed by atoms with E-state index in [9.17, 15) is 27.6 Å². The molecule has 2 aliphatic rings. The second-order valence-electron chi connectivity index (χ2n) is 11.8. The zero-order valence-electron chi connectivity index (χ0n) is 25.4. The molecule has 46 heavy (non-hydrogen) atoms. The Kier molecular flexibility index (Phi) is 9.68. The average Bonchev–Trinajstić information content (AvgIpc) is 3.43. The van der Waals surface area contributed by atoms with Crippen molar-refractivity contribution in [2.24, 2.45) is 4.99 Å². The van der Waals surface area contributed by atoms with Crippen LogP contribution in [0.15, 0.2) is 52.5 Å². The Hall–Kier alpha value is -4.04. The topological polar surface area (TPSA) is 109 Å². The third kappa shape index (κ3) is 8.21. The van der Waals surface area contributed by atoms with E-state index in [1.54, 1.807) is 50.1 Å². The maximum Gasteiger partial charge on any atom is 0.416 e. The van der Waals surface area contributed by atoms with Gasteiger partial charge in [0.2, 0.25) is 5.91 Å². The Morgan fingerprint density at radius 1 is 1.09 bits per heavy atom. The van der Waals surface area contributed by atoms with Gasteiger partial charge >= 0.3 is 12.3 Å². The fourth-order valence-corrected chi connectivity index (χ4v) is 6.19. The number of hydrogen-bond acceptors (Lipinski definition) is 7. The molecule has 3 aromatic rings. The molecular weight excluding hydrogens is 645 g/mol. The summed E-state index contributed by atoms with van der Waals surface area (Å²) in [6.07, 6.45) is -1.26. The van der Waals surface area contributed by atoms with Crippen molar-refractivity contribution in [1.82, 2.24) is 24.9 Å². The molecule has 1 N–H and O–H groups in total. The van der Waals surface area contributed by atoms with Gasteiger partial charge in [0.15, 0.2) is 5.17 Å². The molecule has 0 bridgehead atoms. The summed E-state index contributed by atoms with van der Waals surface area (Å²) in [4.78, 5) is 45.7. The number of nitrogens with zero attached hydrogens (tertiary/aromatic N) is 5. The van der Waals surface area contributed by atoms with Gasteiger partial charge in [-0.1, -0.05) is 23.7 Å². The molecular formula is C31H32ClF3N6O4S. The number of thioether (sulfide) groups is 1. The lowest BCUT2D eigenvalue weighted by molar-refractivity contribution is -0.138. The lowest BCUT2D eigenvalue weighted by Gasteiger charge is -2.23. The number of rotatable bonds is 5. The number of ether oxygens (including phenoxy) is 1. The smallest absolute Gasteiger partial charge is 0.416 e. The maximum atomic E-state index is 13.6. The highest BCUT2D eigenvalue weighted by atomic mass is 35.5. The van der Waals surface area contributed by atoms with Crippen LogP contribution in [0.5, 0.6) is 0 Å². The second-order valence-corrected chi connectivity index (χ2v) is 13.3. The van der Waals surface area contributed by atoms with Gasteiger partial charge in [-0.3, -0.25) is 14.3 Å². The third-order valence-electron chi connectivity index (χ3n) is 7.17. The molecule has 244 valence electrons. The van der Waals surface area contributed by atoms with E-state index in [0.29, 0.717) is 59.1 Å². The average molecular weight is 677 g/mol. The summed E-state index contributed by atoms with van der Waals surface area (Å²) in [7, 11) is 0. The minimum atomic E-state index is -4.56. The number of aliphatic imine (C=N–C) groups is 1. The SMILES string of the molecule is CC(C)(C)OC(=O)NCC(=O)N1CCCN(C2=NC(=O)/C(=C/c3ccc4c(cnn4Cc4ccc(Cl)cc4C(F)(F)F)c3)S2)CC1. The van der Waals surface area contributed by atoms with Crippen LogP contribution in [0.1, 0.15) is 43.9 Å². The van der Waals surface area contributed by atoms with E-state index < -0.39 is 23.4 Å². The summed E-state index contributed by atoms with van der Waals surface area (Å²) in [5.41, 5.74) is -0.0762. The standard InChI is InChI=1S/C31H32ClF3N6O4S/c1-30(2,3)45-29(44)36-17-26(42)39-9-4-10-40(12-11-39)28-38-27(43)25(46-28)14-19-5-8-24-21(13-19)16-37-41(24)18-20-6-7-22(32)15-23(20)31(33,34)35/h5-8,13-16H,4,9-12,17-18H2,1-3H3,(H,36,44)/b25-14-. The fourth-order valence-electron chi connectivity index (χ4n) is 5.05. The molecule has 3 heterocycles. The Balaban J connectivity index is 1.20. The van der Waals surface area contributed by atoms with Crippen molar-refractivity contribution in [2.45, 2.75) is 45.5 Å². The molecule has 0 atom stereocenters. The van der Waals surface area contributed by atoms with Crippen molar-refractivity contribution in [3.8, 4) is 0 Å². The molecule has 2 aliphatic heterocycles. The van der Waals surface area contributed by atoms with Crippen LogP contribution in [0.2, 0.25) is 5.02 Å². The first-order valence-electron chi connectivity index (χ1n) is 14.5. The monoisotopic (exact) mass is 676 g/mol. The summed E-state index contributed by atoms with van der Waals surface area (Å²) in [5, 5.41) is 8.05. The van der Waals surface area contributed by atoms with E-state index in [1.165, 1.54) is 28.6 Å². The molecule has 0 aliphatic carbocycles. The second kappa shape index (κ2) is 13.4. The van der Waals surface area contributed by atoms with E-state index in [-0.39, 0.29) is 35.5 Å². The van der Waals surface area contributed by atoms with Gasteiger partial charge in [-0.2, -0.15) is 23.3 Å². The highest BCUT2D eigenvalue weighted by molar-refractivity contribution is 8.18. The van der Waals surface area contributed by atoms with Gasteiger partial charge in [-0.05, 0) is 80.4 Å². The van der Waals surface area contributed by atoms with Gasteiger partial charge in [0.1, 0.15) is 12.1 Å². The molecule has 0 unspecified atom stereocenters. The zero-order chi connectivity index (χ0) is 33.2. The molecule has 0 spiro atoms. The lowest BCUT2D eigenvalue weighted by Crippen LogP contribution is -2.43. The minimum absolute atomic E-state index is 0.00292. The Labute approximate surface area is 272 Å². The van der Waals surface area contributed by atoms with Crippen LogP contribution in [0.25, 0.3) is 17.0 Å². The summed E-state index contributed by atoms with van der Waals surface area (Å²) >= 11 is 7.06. The van der Waals surface area contributed by atoms with Crippen molar-refractivity contribution in [1.29, 1.82) is 0 Å². The van der Waals surface area contributed by atoms with Crippen LogP contribution in [0, 0.1) is 0 Å². The Morgan fingerprint density at radius 3 is 2.61 bits per heavy atom. The van der Waals surface area contributed by atoms with E-state index in [2.05, 4.69) is 15.4 Å². The predicted molar refractivity (Wildman–Crippen MR) is 170 cm³/mol. The summed E-state index contributed by atoms with van der Waals surface area (Å²) in [6, 6.07) is 9.01. The van der Waals surface area contributed by atoms with Crippen LogP contribution < -0.4 is 5.32 Å². The number of halogens is 4.